The summed E-state index contributed by atoms with van der Waals surface area (Å²) in [5.74, 6) is 0.0119. The van der Waals surface area contributed by atoms with Gasteiger partial charge in [-0.3, -0.25) is 14.9 Å². The quantitative estimate of drug-likeness (QED) is 0.456. The van der Waals surface area contributed by atoms with Crippen LogP contribution in [0.1, 0.15) is 0 Å². The zero-order valence-electron chi connectivity index (χ0n) is 9.50. The number of carbonyl (C=O) groups excluding carboxylic acids is 1. The number of nitrogens with one attached hydrogen (secondary N) is 1. The van der Waals surface area contributed by atoms with E-state index in [2.05, 4.69) is 5.32 Å². The SMILES string of the molecule is O=C(C[N+](=O)[O-])Nc1ccc(OCC2CO2)cc1. The molecule has 1 aromatic rings. The zero-order chi connectivity index (χ0) is 13.0. The van der Waals surface area contributed by atoms with Gasteiger partial charge in [0.2, 0.25) is 0 Å². The number of ether oxygens (including phenoxy) is 2. The fourth-order valence-electron chi connectivity index (χ4n) is 1.31. The third-order valence-corrected chi connectivity index (χ3v) is 2.25. The van der Waals surface area contributed by atoms with Crippen molar-refractivity contribution in [3.05, 3.63) is 34.4 Å². The highest BCUT2D eigenvalue weighted by Gasteiger charge is 2.22. The highest BCUT2D eigenvalue weighted by Crippen LogP contribution is 2.17. The van der Waals surface area contributed by atoms with Gasteiger partial charge < -0.3 is 14.8 Å². The summed E-state index contributed by atoms with van der Waals surface area (Å²) in [4.78, 5) is 20.6. The van der Waals surface area contributed by atoms with Crippen LogP contribution in [0.15, 0.2) is 24.3 Å². The number of anilines is 1. The minimum absolute atomic E-state index is 0.185. The molecule has 1 amide bonds. The van der Waals surface area contributed by atoms with E-state index in [1.54, 1.807) is 24.3 Å². The molecule has 0 aromatic heterocycles. The average Bonchev–Trinajstić information content (AvgIpc) is 3.11. The first-order valence-electron chi connectivity index (χ1n) is 5.39. The Morgan fingerprint density at radius 3 is 2.72 bits per heavy atom. The van der Waals surface area contributed by atoms with Crippen molar-refractivity contribution >= 4 is 11.6 Å². The maximum atomic E-state index is 11.1. The number of epoxide rings is 1. The molecule has 0 bridgehead atoms. The Labute approximate surface area is 103 Å². The maximum absolute atomic E-state index is 11.1. The highest BCUT2D eigenvalue weighted by atomic mass is 16.6. The van der Waals surface area contributed by atoms with Crippen molar-refractivity contribution in [1.29, 1.82) is 0 Å². The standard InChI is InChI=1S/C11H12N2O5/c14-11(5-13(15)16)12-8-1-3-9(4-2-8)17-6-10-7-18-10/h1-4,10H,5-7H2,(H,12,14). The minimum Gasteiger partial charge on any atom is -0.491 e. The van der Waals surface area contributed by atoms with Crippen molar-refractivity contribution in [2.24, 2.45) is 0 Å². The van der Waals surface area contributed by atoms with Crippen LogP contribution in [0.5, 0.6) is 5.75 Å². The van der Waals surface area contributed by atoms with E-state index in [-0.39, 0.29) is 6.10 Å². The summed E-state index contributed by atoms with van der Waals surface area (Å²) in [6.45, 7) is 0.499. The number of hydrogen-bond donors (Lipinski definition) is 1. The molecule has 7 heteroatoms. The van der Waals surface area contributed by atoms with Crippen LogP contribution in [0, 0.1) is 10.1 Å². The fraction of sp³-hybridized carbons (Fsp3) is 0.364. The summed E-state index contributed by atoms with van der Waals surface area (Å²) in [5.41, 5.74) is 0.497. The summed E-state index contributed by atoms with van der Waals surface area (Å²) < 4.78 is 10.4. The van der Waals surface area contributed by atoms with Crippen LogP contribution >= 0.6 is 0 Å². The monoisotopic (exact) mass is 252 g/mol. The second-order valence-corrected chi connectivity index (χ2v) is 3.83. The molecule has 7 nitrogen and oxygen atoms in total. The summed E-state index contributed by atoms with van der Waals surface area (Å²) >= 11 is 0. The normalized spacial score (nSPS) is 17.0. The number of nitrogens with zero attached hydrogens (tertiary/aromatic N) is 1. The number of amides is 1. The third-order valence-electron chi connectivity index (χ3n) is 2.25. The molecule has 1 aliphatic heterocycles. The topological polar surface area (TPSA) is 94.0 Å². The molecule has 1 heterocycles. The van der Waals surface area contributed by atoms with E-state index in [0.29, 0.717) is 18.0 Å². The molecule has 1 aliphatic rings. The molecule has 18 heavy (non-hydrogen) atoms. The van der Waals surface area contributed by atoms with Crippen LogP contribution in [0.4, 0.5) is 5.69 Å². The first-order chi connectivity index (χ1) is 8.63. The van der Waals surface area contributed by atoms with Gasteiger partial charge in [-0.05, 0) is 24.3 Å². The van der Waals surface area contributed by atoms with E-state index >= 15 is 0 Å². The average molecular weight is 252 g/mol. The van der Waals surface area contributed by atoms with Gasteiger partial charge in [0.25, 0.3) is 12.5 Å². The fourth-order valence-corrected chi connectivity index (χ4v) is 1.31. The van der Waals surface area contributed by atoms with Gasteiger partial charge in [0.15, 0.2) is 0 Å². The molecule has 1 atom stereocenters. The molecule has 1 unspecified atom stereocenters. The van der Waals surface area contributed by atoms with Crippen molar-refractivity contribution in [1.82, 2.24) is 0 Å². The molecule has 0 aliphatic carbocycles. The molecule has 1 N–H and O–H groups in total. The summed E-state index contributed by atoms with van der Waals surface area (Å²) in [6.07, 6.45) is 0.185. The van der Waals surface area contributed by atoms with Gasteiger partial charge in [-0.15, -0.1) is 0 Å². The number of rotatable bonds is 6. The Morgan fingerprint density at radius 1 is 1.50 bits per heavy atom. The van der Waals surface area contributed by atoms with Crippen molar-refractivity contribution in [2.75, 3.05) is 25.1 Å². The lowest BCUT2D eigenvalue weighted by atomic mass is 10.3. The second kappa shape index (κ2) is 5.46. The molecule has 1 saturated heterocycles. The van der Waals surface area contributed by atoms with Crippen LogP contribution in [0.2, 0.25) is 0 Å². The van der Waals surface area contributed by atoms with Crippen LogP contribution in [-0.4, -0.2) is 36.7 Å². The Bertz CT molecular complexity index is 441. The van der Waals surface area contributed by atoms with E-state index in [1.165, 1.54) is 0 Å². The van der Waals surface area contributed by atoms with Gasteiger partial charge in [-0.2, -0.15) is 0 Å². The number of carbonyl (C=O) groups is 1. The van der Waals surface area contributed by atoms with Crippen LogP contribution < -0.4 is 10.1 Å². The molecular weight excluding hydrogens is 240 g/mol. The molecule has 1 aromatic carbocycles. The highest BCUT2D eigenvalue weighted by molar-refractivity contribution is 5.91. The van der Waals surface area contributed by atoms with Gasteiger partial charge in [0, 0.05) is 10.6 Å². The zero-order valence-corrected chi connectivity index (χ0v) is 9.50. The second-order valence-electron chi connectivity index (χ2n) is 3.83. The number of nitro groups is 1. The summed E-state index contributed by atoms with van der Waals surface area (Å²) in [5, 5.41) is 12.5. The molecule has 1 fully saturated rings. The van der Waals surface area contributed by atoms with E-state index in [1.807, 2.05) is 0 Å². The van der Waals surface area contributed by atoms with E-state index < -0.39 is 17.4 Å². The third kappa shape index (κ3) is 4.02. The van der Waals surface area contributed by atoms with Crippen molar-refractivity contribution in [2.45, 2.75) is 6.10 Å². The van der Waals surface area contributed by atoms with Crippen molar-refractivity contribution in [3.63, 3.8) is 0 Å². The Kier molecular flexibility index (Phi) is 3.73. The molecule has 0 saturated carbocycles. The lowest BCUT2D eigenvalue weighted by Crippen LogP contribution is -2.21. The number of benzene rings is 1. The Hall–Kier alpha value is -2.15. The van der Waals surface area contributed by atoms with Gasteiger partial charge >= 0.3 is 0 Å². The van der Waals surface area contributed by atoms with Gasteiger partial charge in [0.05, 0.1) is 6.61 Å². The predicted octanol–water partition coefficient (Wildman–Crippen LogP) is 0.679. The van der Waals surface area contributed by atoms with Crippen LogP contribution in [0.25, 0.3) is 0 Å². The van der Waals surface area contributed by atoms with Gasteiger partial charge in [-0.1, -0.05) is 0 Å². The largest absolute Gasteiger partial charge is 0.491 e. The lowest BCUT2D eigenvalue weighted by Gasteiger charge is -2.06. The van der Waals surface area contributed by atoms with E-state index in [9.17, 15) is 14.9 Å². The minimum atomic E-state index is -0.739. The molecule has 0 spiro atoms. The Balaban J connectivity index is 1.82. The Morgan fingerprint density at radius 2 is 2.17 bits per heavy atom. The molecule has 0 radical (unpaired) electrons. The predicted molar refractivity (Wildman–Crippen MR) is 62.2 cm³/mol. The number of hydrogen-bond acceptors (Lipinski definition) is 5. The van der Waals surface area contributed by atoms with Gasteiger partial charge in [-0.25, -0.2) is 0 Å². The van der Waals surface area contributed by atoms with E-state index in [0.717, 1.165) is 6.61 Å². The summed E-state index contributed by atoms with van der Waals surface area (Å²) in [7, 11) is 0. The van der Waals surface area contributed by atoms with Crippen molar-refractivity contribution < 1.29 is 19.2 Å². The first-order valence-corrected chi connectivity index (χ1v) is 5.39. The molecular formula is C11H12N2O5. The first kappa shape index (κ1) is 12.3. The van der Waals surface area contributed by atoms with E-state index in [4.69, 9.17) is 9.47 Å². The van der Waals surface area contributed by atoms with Crippen LogP contribution in [0.3, 0.4) is 0 Å². The van der Waals surface area contributed by atoms with Crippen LogP contribution in [-0.2, 0) is 9.53 Å². The van der Waals surface area contributed by atoms with Gasteiger partial charge in [0.1, 0.15) is 18.5 Å². The lowest BCUT2D eigenvalue weighted by molar-refractivity contribution is -0.467. The molecule has 2 rings (SSSR count). The molecule has 96 valence electrons. The maximum Gasteiger partial charge on any atom is 0.296 e. The van der Waals surface area contributed by atoms with Crippen molar-refractivity contribution in [3.8, 4) is 5.75 Å². The summed E-state index contributed by atoms with van der Waals surface area (Å²) in [6, 6.07) is 6.62. The smallest absolute Gasteiger partial charge is 0.296 e.